The summed E-state index contributed by atoms with van der Waals surface area (Å²) in [5, 5.41) is 0. The average Bonchev–Trinajstić information content (AvgIpc) is 1.94. The van der Waals surface area contributed by atoms with E-state index in [1.807, 2.05) is 0 Å². The molecule has 0 amide bonds. The van der Waals surface area contributed by atoms with Crippen LogP contribution >= 0.6 is 9.69 Å². The van der Waals surface area contributed by atoms with Crippen molar-refractivity contribution in [3.8, 4) is 0 Å². The van der Waals surface area contributed by atoms with Crippen LogP contribution in [0.5, 0.6) is 0 Å². The van der Waals surface area contributed by atoms with Gasteiger partial charge in [-0.2, -0.15) is 12.1 Å². The number of nitrogens with zero attached hydrogens (tertiary/aromatic N) is 1. The Hall–Kier alpha value is -0.00662. The van der Waals surface area contributed by atoms with Crippen LogP contribution in [-0.4, -0.2) is 4.98 Å². The fraction of sp³-hybridized carbons (Fsp3) is 0. The van der Waals surface area contributed by atoms with Crippen LogP contribution in [0.1, 0.15) is 0 Å². The van der Waals surface area contributed by atoms with Gasteiger partial charge in [-0.3, -0.25) is 4.39 Å². The maximum absolute atomic E-state index is 11.8. The van der Waals surface area contributed by atoms with E-state index in [-0.39, 0.29) is 0 Å². The van der Waals surface area contributed by atoms with Gasteiger partial charge in [0.1, 0.15) is 0 Å². The molecule has 0 bridgehead atoms. The minimum absolute atomic E-state index is 0.484. The molecule has 44 valence electrons. The Morgan fingerprint density at radius 1 is 1.67 bits per heavy atom. The Labute approximate surface area is 67.0 Å². The second kappa shape index (κ2) is 6.12. The SMILES string of the molecule is Fc1c[c-]ccn1.[Cl][Zn+]. The number of hydrogen-bond acceptors (Lipinski definition) is 1. The molecule has 0 spiro atoms. The van der Waals surface area contributed by atoms with Crippen molar-refractivity contribution >= 4 is 9.69 Å². The minimum atomic E-state index is -0.484. The van der Waals surface area contributed by atoms with Gasteiger partial charge in [0, 0.05) is 0 Å². The van der Waals surface area contributed by atoms with Crippen molar-refractivity contribution in [2.24, 2.45) is 0 Å². The number of pyridine rings is 1. The molecule has 0 aliphatic carbocycles. The normalized spacial score (nSPS) is 7.56. The topological polar surface area (TPSA) is 12.9 Å². The van der Waals surface area contributed by atoms with E-state index in [9.17, 15) is 4.39 Å². The fourth-order valence-corrected chi connectivity index (χ4v) is 0.306. The zero-order valence-electron chi connectivity index (χ0n) is 4.64. The number of aromatic nitrogens is 1. The van der Waals surface area contributed by atoms with Crippen molar-refractivity contribution in [2.75, 3.05) is 0 Å². The standard InChI is InChI=1S/C5H3FN.ClH.Zn/c6-5-3-1-2-4-7-5;;/h2-4H;1H;/q-1;;+2/p-1. The van der Waals surface area contributed by atoms with Crippen molar-refractivity contribution in [1.29, 1.82) is 0 Å². The molecule has 1 rings (SSSR count). The van der Waals surface area contributed by atoms with Gasteiger partial charge in [0.25, 0.3) is 0 Å². The first-order valence-corrected chi connectivity index (χ1v) is 6.04. The van der Waals surface area contributed by atoms with E-state index in [4.69, 9.17) is 9.69 Å². The first-order chi connectivity index (χ1) is 4.39. The molecule has 0 fully saturated rings. The average molecular weight is 197 g/mol. The third kappa shape index (κ3) is 4.49. The van der Waals surface area contributed by atoms with E-state index in [2.05, 4.69) is 11.1 Å². The van der Waals surface area contributed by atoms with Crippen molar-refractivity contribution < 1.29 is 21.7 Å². The van der Waals surface area contributed by atoms with Crippen LogP contribution in [0.2, 0.25) is 0 Å². The summed E-state index contributed by atoms with van der Waals surface area (Å²) in [6, 6.07) is 5.25. The first kappa shape index (κ1) is 8.99. The molecule has 1 aromatic rings. The van der Waals surface area contributed by atoms with E-state index in [0.29, 0.717) is 0 Å². The van der Waals surface area contributed by atoms with Gasteiger partial charge in [0.15, 0.2) is 0 Å². The molecule has 0 aliphatic rings. The zero-order valence-corrected chi connectivity index (χ0v) is 8.37. The molecule has 0 atom stereocenters. The Bertz CT molecular complexity index is 147. The Morgan fingerprint density at radius 3 is 2.56 bits per heavy atom. The quantitative estimate of drug-likeness (QED) is 0.350. The Balaban J connectivity index is 0.000000291. The summed E-state index contributed by atoms with van der Waals surface area (Å²) >= 11 is 0.847. The summed E-state index contributed by atoms with van der Waals surface area (Å²) in [5.74, 6) is -0.484. The van der Waals surface area contributed by atoms with Crippen molar-refractivity contribution in [3.63, 3.8) is 0 Å². The van der Waals surface area contributed by atoms with Crippen molar-refractivity contribution in [3.05, 3.63) is 30.3 Å². The second-order valence-corrected chi connectivity index (χ2v) is 1.08. The molecule has 0 radical (unpaired) electrons. The van der Waals surface area contributed by atoms with Crippen LogP contribution < -0.4 is 0 Å². The van der Waals surface area contributed by atoms with E-state index < -0.39 is 5.95 Å². The second-order valence-electron chi connectivity index (χ2n) is 1.08. The first-order valence-electron chi connectivity index (χ1n) is 2.14. The summed E-state index contributed by atoms with van der Waals surface area (Å²) < 4.78 is 11.8. The fourth-order valence-electron chi connectivity index (χ4n) is 0.306. The molecule has 0 aliphatic heterocycles. The molecule has 0 saturated carbocycles. The molecule has 0 N–H and O–H groups in total. The van der Waals surface area contributed by atoms with Crippen LogP contribution in [0.25, 0.3) is 0 Å². The van der Waals surface area contributed by atoms with Crippen molar-refractivity contribution in [2.45, 2.75) is 0 Å². The Morgan fingerprint density at radius 2 is 2.33 bits per heavy atom. The van der Waals surface area contributed by atoms with Gasteiger partial charge in [0.2, 0.25) is 0 Å². The van der Waals surface area contributed by atoms with Crippen LogP contribution in [-0.2, 0) is 17.3 Å². The van der Waals surface area contributed by atoms with Gasteiger partial charge in [-0.05, 0) is 0 Å². The number of halogens is 2. The predicted octanol–water partition coefficient (Wildman–Crippen LogP) is 1.71. The molecule has 1 nitrogen and oxygen atoms in total. The molecule has 9 heavy (non-hydrogen) atoms. The summed E-state index contributed by atoms with van der Waals surface area (Å²) in [6.45, 7) is 0. The van der Waals surface area contributed by atoms with Gasteiger partial charge in [-0.25, -0.2) is 0 Å². The van der Waals surface area contributed by atoms with E-state index in [0.717, 1.165) is 17.3 Å². The molecule has 0 unspecified atom stereocenters. The molecular weight excluding hydrogens is 194 g/mol. The van der Waals surface area contributed by atoms with Crippen molar-refractivity contribution in [1.82, 2.24) is 4.98 Å². The van der Waals surface area contributed by atoms with Crippen LogP contribution in [0, 0.1) is 12.0 Å². The van der Waals surface area contributed by atoms with E-state index in [1.54, 1.807) is 6.07 Å². The molecular formula is C5H3ClFNZn. The molecule has 1 aromatic heterocycles. The van der Waals surface area contributed by atoms with Gasteiger partial charge in [0.05, 0.1) is 5.95 Å². The number of hydrogen-bond donors (Lipinski definition) is 0. The molecule has 4 heteroatoms. The molecule has 0 saturated heterocycles. The predicted molar refractivity (Wildman–Crippen MR) is 28.9 cm³/mol. The van der Waals surface area contributed by atoms with Gasteiger partial charge in [-0.1, -0.05) is 6.20 Å². The summed E-state index contributed by atoms with van der Waals surface area (Å²) in [4.78, 5) is 3.28. The monoisotopic (exact) mass is 195 g/mol. The Kier molecular flexibility index (Phi) is 6.11. The van der Waals surface area contributed by atoms with Crippen LogP contribution in [0.4, 0.5) is 4.39 Å². The third-order valence-electron chi connectivity index (χ3n) is 0.571. The molecule has 1 heterocycles. The van der Waals surface area contributed by atoms with Gasteiger partial charge < -0.3 is 4.98 Å². The summed E-state index contributed by atoms with van der Waals surface area (Å²) in [6.07, 6.45) is 1.36. The third-order valence-corrected chi connectivity index (χ3v) is 0.571. The van der Waals surface area contributed by atoms with E-state index >= 15 is 0 Å². The van der Waals surface area contributed by atoms with E-state index in [1.165, 1.54) is 12.3 Å². The molecule has 0 aromatic carbocycles. The van der Waals surface area contributed by atoms with Gasteiger partial charge >= 0.3 is 27.0 Å². The van der Waals surface area contributed by atoms with Crippen LogP contribution in [0.3, 0.4) is 0 Å². The van der Waals surface area contributed by atoms with Crippen LogP contribution in [0.15, 0.2) is 18.3 Å². The zero-order chi connectivity index (χ0) is 7.11. The van der Waals surface area contributed by atoms with Gasteiger partial charge in [-0.15, -0.1) is 6.07 Å². The number of rotatable bonds is 0. The summed E-state index contributed by atoms with van der Waals surface area (Å²) in [5.41, 5.74) is 0. The maximum atomic E-state index is 11.8. The summed E-state index contributed by atoms with van der Waals surface area (Å²) in [7, 11) is 4.76.